The Kier molecular flexibility index (Phi) is 4.11. The van der Waals surface area contributed by atoms with E-state index in [1.165, 1.54) is 6.20 Å². The molecule has 0 bridgehead atoms. The average Bonchev–Trinajstić information content (AvgIpc) is 2.59. The molecule has 4 N–H and O–H groups in total. The fraction of sp³-hybridized carbons (Fsp3) is 0.636. The summed E-state index contributed by atoms with van der Waals surface area (Å²) in [5.41, 5.74) is 5.98. The molecule has 0 saturated heterocycles. The molecular formula is C11H21N5O. The van der Waals surface area contributed by atoms with Gasteiger partial charge in [0.2, 0.25) is 0 Å². The van der Waals surface area contributed by atoms with E-state index in [0.29, 0.717) is 17.9 Å². The molecule has 0 aliphatic heterocycles. The Morgan fingerprint density at radius 2 is 2.24 bits per heavy atom. The molecule has 1 rings (SSSR count). The van der Waals surface area contributed by atoms with E-state index in [1.807, 2.05) is 14.1 Å². The number of rotatable bonds is 5. The molecule has 1 aromatic rings. The lowest BCUT2D eigenvalue weighted by atomic mass is 9.93. The van der Waals surface area contributed by atoms with E-state index in [9.17, 15) is 4.79 Å². The molecule has 96 valence electrons. The van der Waals surface area contributed by atoms with E-state index in [0.717, 1.165) is 6.54 Å². The van der Waals surface area contributed by atoms with Crippen LogP contribution in [0, 0.1) is 5.41 Å². The van der Waals surface area contributed by atoms with Crippen LogP contribution in [-0.2, 0) is 0 Å². The van der Waals surface area contributed by atoms with Crippen molar-refractivity contribution in [3.8, 4) is 0 Å². The third-order valence-corrected chi connectivity index (χ3v) is 2.39. The number of amides is 1. The molecule has 1 aromatic heterocycles. The number of nitrogens with one attached hydrogen (secondary N) is 2. The Bertz CT molecular complexity index is 383. The zero-order valence-electron chi connectivity index (χ0n) is 10.9. The zero-order valence-corrected chi connectivity index (χ0v) is 10.9. The standard InChI is InChI=1S/C11H21N5O/c1-11(2,7-16(3)4)6-13-10(17)8-5-14-15-9(8)12/h5H,6-7H2,1-4H3,(H,13,17)(H3,12,14,15). The highest BCUT2D eigenvalue weighted by Crippen LogP contribution is 2.15. The molecule has 6 heteroatoms. The van der Waals surface area contributed by atoms with Crippen molar-refractivity contribution in [1.82, 2.24) is 20.4 Å². The van der Waals surface area contributed by atoms with Gasteiger partial charge < -0.3 is 16.0 Å². The highest BCUT2D eigenvalue weighted by Gasteiger charge is 2.21. The largest absolute Gasteiger partial charge is 0.383 e. The fourth-order valence-electron chi connectivity index (χ4n) is 1.80. The summed E-state index contributed by atoms with van der Waals surface area (Å²) < 4.78 is 0. The highest BCUT2D eigenvalue weighted by atomic mass is 16.1. The number of hydrogen-bond acceptors (Lipinski definition) is 4. The summed E-state index contributed by atoms with van der Waals surface area (Å²) >= 11 is 0. The molecule has 1 amide bonds. The lowest BCUT2D eigenvalue weighted by Crippen LogP contribution is -2.40. The minimum Gasteiger partial charge on any atom is -0.383 e. The Morgan fingerprint density at radius 3 is 2.71 bits per heavy atom. The van der Waals surface area contributed by atoms with Gasteiger partial charge in [0.05, 0.1) is 6.20 Å². The predicted octanol–water partition coefficient (Wildman–Crippen LogP) is 0.310. The van der Waals surface area contributed by atoms with Gasteiger partial charge in [-0.2, -0.15) is 5.10 Å². The van der Waals surface area contributed by atoms with E-state index in [2.05, 4.69) is 34.3 Å². The number of nitrogens with zero attached hydrogens (tertiary/aromatic N) is 2. The first kappa shape index (κ1) is 13.5. The van der Waals surface area contributed by atoms with E-state index in [1.54, 1.807) is 0 Å². The van der Waals surface area contributed by atoms with Gasteiger partial charge in [-0.1, -0.05) is 13.8 Å². The van der Waals surface area contributed by atoms with Gasteiger partial charge in [0.15, 0.2) is 0 Å². The number of nitrogen functional groups attached to an aromatic ring is 1. The summed E-state index contributed by atoms with van der Waals surface area (Å²) in [7, 11) is 4.02. The second-order valence-electron chi connectivity index (χ2n) is 5.28. The van der Waals surface area contributed by atoms with Crippen LogP contribution in [0.2, 0.25) is 0 Å². The number of aromatic amines is 1. The summed E-state index contributed by atoms with van der Waals surface area (Å²) in [6.07, 6.45) is 1.43. The van der Waals surface area contributed by atoms with E-state index in [4.69, 9.17) is 5.73 Å². The quantitative estimate of drug-likeness (QED) is 0.690. The normalized spacial score (nSPS) is 11.8. The Morgan fingerprint density at radius 1 is 1.59 bits per heavy atom. The zero-order chi connectivity index (χ0) is 13.1. The maximum Gasteiger partial charge on any atom is 0.256 e. The molecule has 0 aromatic carbocycles. The number of hydrogen-bond donors (Lipinski definition) is 3. The van der Waals surface area contributed by atoms with Crippen LogP contribution in [0.1, 0.15) is 24.2 Å². The molecule has 6 nitrogen and oxygen atoms in total. The van der Waals surface area contributed by atoms with Crippen molar-refractivity contribution >= 4 is 11.7 Å². The minimum atomic E-state index is -0.192. The Labute approximate surface area is 102 Å². The number of nitrogens with two attached hydrogens (primary N) is 1. The van der Waals surface area contributed by atoms with Gasteiger partial charge >= 0.3 is 0 Å². The highest BCUT2D eigenvalue weighted by molar-refractivity contribution is 5.98. The van der Waals surface area contributed by atoms with Crippen molar-refractivity contribution in [3.63, 3.8) is 0 Å². The lowest BCUT2D eigenvalue weighted by Gasteiger charge is -2.28. The SMILES string of the molecule is CN(C)CC(C)(C)CNC(=O)c1cn[nH]c1N. The third kappa shape index (κ3) is 4.07. The van der Waals surface area contributed by atoms with Crippen molar-refractivity contribution in [3.05, 3.63) is 11.8 Å². The average molecular weight is 239 g/mol. The lowest BCUT2D eigenvalue weighted by molar-refractivity contribution is 0.0930. The second-order valence-corrected chi connectivity index (χ2v) is 5.28. The first-order valence-electron chi connectivity index (χ1n) is 5.53. The van der Waals surface area contributed by atoms with Crippen LogP contribution < -0.4 is 11.1 Å². The van der Waals surface area contributed by atoms with Crippen molar-refractivity contribution in [2.24, 2.45) is 5.41 Å². The first-order chi connectivity index (χ1) is 7.82. The van der Waals surface area contributed by atoms with Crippen molar-refractivity contribution < 1.29 is 4.79 Å². The molecule has 0 radical (unpaired) electrons. The van der Waals surface area contributed by atoms with E-state index >= 15 is 0 Å². The summed E-state index contributed by atoms with van der Waals surface area (Å²) in [6, 6.07) is 0. The first-order valence-corrected chi connectivity index (χ1v) is 5.53. The summed E-state index contributed by atoms with van der Waals surface area (Å²) in [5.74, 6) is 0.107. The molecule has 0 fully saturated rings. The summed E-state index contributed by atoms with van der Waals surface area (Å²) in [6.45, 7) is 5.70. The van der Waals surface area contributed by atoms with Crippen LogP contribution >= 0.6 is 0 Å². The summed E-state index contributed by atoms with van der Waals surface area (Å²) in [4.78, 5) is 13.9. The van der Waals surface area contributed by atoms with Crippen molar-refractivity contribution in [2.45, 2.75) is 13.8 Å². The van der Waals surface area contributed by atoms with Crippen LogP contribution in [0.25, 0.3) is 0 Å². The maximum absolute atomic E-state index is 11.8. The monoisotopic (exact) mass is 239 g/mol. The van der Waals surface area contributed by atoms with Gasteiger partial charge in [-0.15, -0.1) is 0 Å². The minimum absolute atomic E-state index is 0.0116. The molecule has 17 heavy (non-hydrogen) atoms. The summed E-state index contributed by atoms with van der Waals surface area (Å²) in [5, 5.41) is 9.12. The maximum atomic E-state index is 11.8. The van der Waals surface area contributed by atoms with E-state index in [-0.39, 0.29) is 11.3 Å². The van der Waals surface area contributed by atoms with Crippen LogP contribution in [0.5, 0.6) is 0 Å². The predicted molar refractivity (Wildman–Crippen MR) is 67.7 cm³/mol. The number of carbonyl (C=O) groups is 1. The third-order valence-electron chi connectivity index (χ3n) is 2.39. The van der Waals surface area contributed by atoms with Gasteiger partial charge in [-0.05, 0) is 19.5 Å². The molecule has 1 heterocycles. The van der Waals surface area contributed by atoms with Crippen molar-refractivity contribution in [1.29, 1.82) is 0 Å². The Hall–Kier alpha value is -1.56. The molecule has 0 aliphatic carbocycles. The molecule has 0 spiro atoms. The van der Waals surface area contributed by atoms with Crippen molar-refractivity contribution in [2.75, 3.05) is 32.9 Å². The molecule has 0 saturated carbocycles. The molecule has 0 aliphatic rings. The Balaban J connectivity index is 2.51. The molecule has 0 unspecified atom stereocenters. The van der Waals surface area contributed by atoms with Gasteiger partial charge in [0, 0.05) is 13.1 Å². The number of anilines is 1. The molecular weight excluding hydrogens is 218 g/mol. The molecule has 0 atom stereocenters. The van der Waals surface area contributed by atoms with Gasteiger partial charge in [-0.3, -0.25) is 9.89 Å². The van der Waals surface area contributed by atoms with Gasteiger partial charge in [0.25, 0.3) is 5.91 Å². The van der Waals surface area contributed by atoms with Crippen LogP contribution in [0.4, 0.5) is 5.82 Å². The number of H-pyrrole nitrogens is 1. The van der Waals surface area contributed by atoms with Crippen LogP contribution in [-0.4, -0.2) is 48.2 Å². The topological polar surface area (TPSA) is 87.0 Å². The smallest absolute Gasteiger partial charge is 0.256 e. The second kappa shape index (κ2) is 5.18. The number of carbonyl (C=O) groups excluding carboxylic acids is 1. The number of aromatic nitrogens is 2. The van der Waals surface area contributed by atoms with Crippen LogP contribution in [0.15, 0.2) is 6.20 Å². The van der Waals surface area contributed by atoms with Crippen LogP contribution in [0.3, 0.4) is 0 Å². The van der Waals surface area contributed by atoms with Gasteiger partial charge in [0.1, 0.15) is 11.4 Å². The fourth-order valence-corrected chi connectivity index (χ4v) is 1.80. The van der Waals surface area contributed by atoms with Gasteiger partial charge in [-0.25, -0.2) is 0 Å². The van der Waals surface area contributed by atoms with E-state index < -0.39 is 0 Å².